The van der Waals surface area contributed by atoms with Crippen LogP contribution in [-0.2, 0) is 0 Å². The van der Waals surface area contributed by atoms with Gasteiger partial charge < -0.3 is 0 Å². The van der Waals surface area contributed by atoms with Crippen LogP contribution in [0.4, 0.5) is 0 Å². The number of rotatable bonds is 3. The first kappa shape index (κ1) is 13.1. The van der Waals surface area contributed by atoms with Gasteiger partial charge in [0.05, 0.1) is 11.6 Å². The summed E-state index contributed by atoms with van der Waals surface area (Å²) in [6.07, 6.45) is 9.05. The Hall–Kier alpha value is -1.90. The molecule has 104 valence electrons. The van der Waals surface area contributed by atoms with Crippen LogP contribution in [0.3, 0.4) is 0 Å². The first-order valence-corrected chi connectivity index (χ1v) is 7.40. The van der Waals surface area contributed by atoms with Crippen molar-refractivity contribution in [3.63, 3.8) is 0 Å². The summed E-state index contributed by atoms with van der Waals surface area (Å²) in [5.74, 6) is 0. The number of carbonyl (C=O) groups is 1. The Labute approximate surface area is 119 Å². The molecule has 1 aromatic carbocycles. The van der Waals surface area contributed by atoms with Gasteiger partial charge >= 0.3 is 0 Å². The van der Waals surface area contributed by atoms with Crippen molar-refractivity contribution in [2.24, 2.45) is 0 Å². The first-order chi connectivity index (χ1) is 9.79. The molecule has 0 atom stereocenters. The minimum absolute atomic E-state index is 0.459. The molecule has 1 aromatic heterocycles. The Morgan fingerprint density at radius 2 is 1.95 bits per heavy atom. The third-order valence-corrected chi connectivity index (χ3v) is 4.24. The molecule has 0 bridgehead atoms. The molecule has 1 aliphatic rings. The quantitative estimate of drug-likeness (QED) is 0.783. The molecule has 1 heterocycles. The number of aldehydes is 1. The minimum Gasteiger partial charge on any atom is -0.298 e. The van der Waals surface area contributed by atoms with Crippen molar-refractivity contribution in [1.29, 1.82) is 0 Å². The molecular weight excluding hydrogens is 248 g/mol. The van der Waals surface area contributed by atoms with E-state index in [1.165, 1.54) is 32.1 Å². The highest BCUT2D eigenvalue weighted by Gasteiger charge is 2.19. The lowest BCUT2D eigenvalue weighted by Crippen LogP contribution is -2.13. The molecule has 1 aliphatic carbocycles. The Morgan fingerprint density at radius 1 is 1.20 bits per heavy atom. The molecule has 0 aliphatic heterocycles. The van der Waals surface area contributed by atoms with E-state index < -0.39 is 0 Å². The van der Waals surface area contributed by atoms with Crippen molar-refractivity contribution < 1.29 is 4.79 Å². The summed E-state index contributed by atoms with van der Waals surface area (Å²) in [5.41, 5.74) is 3.74. The van der Waals surface area contributed by atoms with Crippen LogP contribution < -0.4 is 0 Å². The second-order valence-corrected chi connectivity index (χ2v) is 5.64. The fourth-order valence-electron chi connectivity index (χ4n) is 3.07. The van der Waals surface area contributed by atoms with E-state index in [1.54, 1.807) is 0 Å². The van der Waals surface area contributed by atoms with E-state index in [-0.39, 0.29) is 0 Å². The lowest BCUT2D eigenvalue weighted by Gasteiger charge is -2.21. The minimum atomic E-state index is 0.459. The summed E-state index contributed by atoms with van der Waals surface area (Å²) >= 11 is 0. The molecule has 0 saturated heterocycles. The Bertz CT molecular complexity index is 609. The number of benzene rings is 1. The third-order valence-electron chi connectivity index (χ3n) is 4.24. The van der Waals surface area contributed by atoms with Crippen LogP contribution >= 0.6 is 0 Å². The van der Waals surface area contributed by atoms with Crippen LogP contribution in [0.25, 0.3) is 11.3 Å². The van der Waals surface area contributed by atoms with Gasteiger partial charge in [-0.25, -0.2) is 0 Å². The lowest BCUT2D eigenvalue weighted by atomic mass is 9.96. The van der Waals surface area contributed by atoms with Crippen LogP contribution in [0.1, 0.15) is 54.1 Å². The molecule has 0 unspecified atom stereocenters. The molecule has 20 heavy (non-hydrogen) atoms. The van der Waals surface area contributed by atoms with Gasteiger partial charge in [0.25, 0.3) is 0 Å². The van der Waals surface area contributed by atoms with Gasteiger partial charge in [-0.05, 0) is 25.3 Å². The van der Waals surface area contributed by atoms with Gasteiger partial charge in [0.1, 0.15) is 5.69 Å². The molecule has 0 spiro atoms. The summed E-state index contributed by atoms with van der Waals surface area (Å²) in [4.78, 5) is 11.4. The fraction of sp³-hybridized carbons (Fsp3) is 0.412. The Morgan fingerprint density at radius 3 is 2.65 bits per heavy atom. The van der Waals surface area contributed by atoms with Gasteiger partial charge in [-0.2, -0.15) is 5.10 Å². The van der Waals surface area contributed by atoms with E-state index in [1.807, 2.05) is 29.1 Å². The van der Waals surface area contributed by atoms with Crippen LogP contribution in [0, 0.1) is 6.92 Å². The van der Waals surface area contributed by atoms with Crippen molar-refractivity contribution >= 4 is 6.29 Å². The lowest BCUT2D eigenvalue weighted by molar-refractivity contribution is 0.112. The van der Waals surface area contributed by atoms with Gasteiger partial charge in [0, 0.05) is 11.8 Å². The highest BCUT2D eigenvalue weighted by molar-refractivity contribution is 5.86. The van der Waals surface area contributed by atoms with Crippen molar-refractivity contribution in [1.82, 2.24) is 9.78 Å². The number of aromatic nitrogens is 2. The zero-order valence-electron chi connectivity index (χ0n) is 11.9. The van der Waals surface area contributed by atoms with E-state index in [0.717, 1.165) is 23.1 Å². The highest BCUT2D eigenvalue weighted by atomic mass is 16.1. The van der Waals surface area contributed by atoms with E-state index in [2.05, 4.69) is 13.0 Å². The van der Waals surface area contributed by atoms with Crippen LogP contribution in [0.2, 0.25) is 0 Å². The maximum absolute atomic E-state index is 11.4. The second kappa shape index (κ2) is 5.61. The van der Waals surface area contributed by atoms with Crippen LogP contribution in [0.5, 0.6) is 0 Å². The summed E-state index contributed by atoms with van der Waals surface area (Å²) in [5, 5.41) is 4.72. The number of hydrogen-bond donors (Lipinski definition) is 0. The number of carbonyl (C=O) groups excluding carboxylic acids is 1. The van der Waals surface area contributed by atoms with Crippen LogP contribution in [-0.4, -0.2) is 16.1 Å². The molecular formula is C17H20N2O. The summed E-state index contributed by atoms with van der Waals surface area (Å²) in [6.45, 7) is 2.06. The highest BCUT2D eigenvalue weighted by Crippen LogP contribution is 2.31. The molecule has 3 rings (SSSR count). The van der Waals surface area contributed by atoms with Gasteiger partial charge in [0.15, 0.2) is 6.29 Å². The summed E-state index contributed by atoms with van der Waals surface area (Å²) in [6, 6.07) is 8.56. The number of nitrogens with zero attached hydrogens (tertiary/aromatic N) is 2. The average Bonchev–Trinajstić information content (AvgIpc) is 2.93. The molecule has 0 radical (unpaired) electrons. The number of hydrogen-bond acceptors (Lipinski definition) is 2. The Balaban J connectivity index is 2.01. The number of aryl methyl sites for hydroxylation is 1. The van der Waals surface area contributed by atoms with Crippen molar-refractivity contribution in [3.8, 4) is 11.3 Å². The normalized spacial score (nSPS) is 16.2. The molecule has 0 N–H and O–H groups in total. The monoisotopic (exact) mass is 268 g/mol. The van der Waals surface area contributed by atoms with Gasteiger partial charge in [-0.1, -0.05) is 43.5 Å². The standard InChI is InChI=1S/C17H20N2O/c1-13-7-5-6-10-16(13)17-14(12-20)11-19(18-17)15-8-3-2-4-9-15/h5-7,10-12,15H,2-4,8-9H2,1H3. The van der Waals surface area contributed by atoms with E-state index in [4.69, 9.17) is 5.10 Å². The van der Waals surface area contributed by atoms with E-state index >= 15 is 0 Å². The molecule has 0 amide bonds. The maximum Gasteiger partial charge on any atom is 0.153 e. The molecule has 3 heteroatoms. The topological polar surface area (TPSA) is 34.9 Å². The predicted molar refractivity (Wildman–Crippen MR) is 79.9 cm³/mol. The molecule has 3 nitrogen and oxygen atoms in total. The molecule has 2 aromatic rings. The van der Waals surface area contributed by atoms with E-state index in [0.29, 0.717) is 11.6 Å². The van der Waals surface area contributed by atoms with Crippen molar-refractivity contribution in [3.05, 3.63) is 41.6 Å². The third kappa shape index (κ3) is 2.40. The fourth-order valence-corrected chi connectivity index (χ4v) is 3.07. The van der Waals surface area contributed by atoms with Gasteiger partial charge in [-0.15, -0.1) is 0 Å². The first-order valence-electron chi connectivity index (χ1n) is 7.40. The smallest absolute Gasteiger partial charge is 0.153 e. The van der Waals surface area contributed by atoms with Crippen molar-refractivity contribution in [2.45, 2.75) is 45.1 Å². The maximum atomic E-state index is 11.4. The average molecular weight is 268 g/mol. The second-order valence-electron chi connectivity index (χ2n) is 5.64. The predicted octanol–water partition coefficient (Wildman–Crippen LogP) is 4.18. The SMILES string of the molecule is Cc1ccccc1-c1nn(C2CCCCC2)cc1C=O. The molecule has 1 fully saturated rings. The molecule has 1 saturated carbocycles. The largest absolute Gasteiger partial charge is 0.298 e. The summed E-state index contributed by atoms with van der Waals surface area (Å²) < 4.78 is 2.02. The van der Waals surface area contributed by atoms with Crippen molar-refractivity contribution in [2.75, 3.05) is 0 Å². The zero-order chi connectivity index (χ0) is 13.9. The van der Waals surface area contributed by atoms with Gasteiger partial charge in [0.2, 0.25) is 0 Å². The van der Waals surface area contributed by atoms with Crippen LogP contribution in [0.15, 0.2) is 30.5 Å². The zero-order valence-corrected chi connectivity index (χ0v) is 11.9. The Kier molecular flexibility index (Phi) is 3.68. The van der Waals surface area contributed by atoms with E-state index in [9.17, 15) is 4.79 Å². The van der Waals surface area contributed by atoms with Gasteiger partial charge in [-0.3, -0.25) is 9.48 Å². The summed E-state index contributed by atoms with van der Waals surface area (Å²) in [7, 11) is 0.